The van der Waals surface area contributed by atoms with E-state index in [1.165, 1.54) is 6.07 Å². The molecule has 126 valence electrons. The van der Waals surface area contributed by atoms with Crippen molar-refractivity contribution in [2.75, 3.05) is 31.1 Å². The molecule has 0 unspecified atom stereocenters. The van der Waals surface area contributed by atoms with Gasteiger partial charge in [-0.3, -0.25) is 9.78 Å². The van der Waals surface area contributed by atoms with E-state index >= 15 is 0 Å². The van der Waals surface area contributed by atoms with Crippen LogP contribution in [0.1, 0.15) is 10.5 Å². The number of fused-ring (bicyclic) bond motifs is 1. The van der Waals surface area contributed by atoms with Crippen molar-refractivity contribution >= 4 is 22.4 Å². The number of amides is 1. The Balaban J connectivity index is 1.48. The second kappa shape index (κ2) is 6.51. The van der Waals surface area contributed by atoms with Gasteiger partial charge < -0.3 is 9.80 Å². The molecule has 1 saturated heterocycles. The maximum Gasteiger partial charge on any atom is 0.272 e. The molecule has 0 radical (unpaired) electrons. The predicted octanol–water partition coefficient (Wildman–Crippen LogP) is 3.34. The molecule has 0 saturated carbocycles. The van der Waals surface area contributed by atoms with Gasteiger partial charge in [0.1, 0.15) is 11.5 Å². The normalized spacial score (nSPS) is 14.8. The van der Waals surface area contributed by atoms with Gasteiger partial charge in [0.05, 0.1) is 5.69 Å². The summed E-state index contributed by atoms with van der Waals surface area (Å²) >= 11 is 0. The Morgan fingerprint density at radius 3 is 2.36 bits per heavy atom. The van der Waals surface area contributed by atoms with E-state index in [1.807, 2.05) is 41.3 Å². The molecule has 1 aliphatic heterocycles. The first-order chi connectivity index (χ1) is 12.2. The summed E-state index contributed by atoms with van der Waals surface area (Å²) in [5, 5.41) is 2.02. The average molecular weight is 335 g/mol. The van der Waals surface area contributed by atoms with E-state index in [0.717, 1.165) is 10.8 Å². The van der Waals surface area contributed by atoms with Gasteiger partial charge in [-0.1, -0.05) is 36.4 Å². The lowest BCUT2D eigenvalue weighted by Gasteiger charge is -2.36. The van der Waals surface area contributed by atoms with Gasteiger partial charge in [-0.25, -0.2) is 4.39 Å². The highest BCUT2D eigenvalue weighted by Gasteiger charge is 2.24. The molecule has 1 aliphatic rings. The largest absolute Gasteiger partial charge is 0.366 e. The lowest BCUT2D eigenvalue weighted by Crippen LogP contribution is -2.49. The number of carbonyl (C=O) groups is 1. The van der Waals surface area contributed by atoms with E-state index in [4.69, 9.17) is 0 Å². The lowest BCUT2D eigenvalue weighted by molar-refractivity contribution is 0.0741. The molecule has 4 rings (SSSR count). The number of anilines is 1. The van der Waals surface area contributed by atoms with E-state index in [9.17, 15) is 9.18 Å². The Morgan fingerprint density at radius 2 is 1.60 bits per heavy atom. The molecule has 0 bridgehead atoms. The summed E-state index contributed by atoms with van der Waals surface area (Å²) in [7, 11) is 0. The molecule has 1 amide bonds. The molecule has 0 aliphatic carbocycles. The number of carbonyl (C=O) groups excluding carboxylic acids is 1. The Labute approximate surface area is 145 Å². The molecular weight excluding hydrogens is 317 g/mol. The summed E-state index contributed by atoms with van der Waals surface area (Å²) in [4.78, 5) is 20.8. The number of pyridine rings is 1. The van der Waals surface area contributed by atoms with Crippen LogP contribution in [-0.4, -0.2) is 42.0 Å². The van der Waals surface area contributed by atoms with Crippen molar-refractivity contribution in [2.45, 2.75) is 0 Å². The fraction of sp³-hybridized carbons (Fsp3) is 0.200. The van der Waals surface area contributed by atoms with E-state index < -0.39 is 0 Å². The Kier molecular flexibility index (Phi) is 4.06. The molecule has 0 spiro atoms. The van der Waals surface area contributed by atoms with Crippen LogP contribution in [0.5, 0.6) is 0 Å². The van der Waals surface area contributed by atoms with Gasteiger partial charge >= 0.3 is 0 Å². The maximum absolute atomic E-state index is 13.9. The predicted molar refractivity (Wildman–Crippen MR) is 96.3 cm³/mol. The van der Waals surface area contributed by atoms with Crippen LogP contribution in [0.15, 0.2) is 60.8 Å². The van der Waals surface area contributed by atoms with Crippen LogP contribution in [0, 0.1) is 5.82 Å². The van der Waals surface area contributed by atoms with Crippen LogP contribution in [0.4, 0.5) is 10.1 Å². The SMILES string of the molecule is O=C(c1cc2ccccc2cn1)N1CCN(c2ccccc2F)CC1. The minimum atomic E-state index is -0.224. The number of aromatic nitrogens is 1. The van der Waals surface area contributed by atoms with Gasteiger partial charge in [-0.05, 0) is 23.6 Å². The fourth-order valence-corrected chi connectivity index (χ4v) is 3.22. The number of piperazine rings is 1. The molecule has 1 fully saturated rings. The third-order valence-electron chi connectivity index (χ3n) is 4.61. The van der Waals surface area contributed by atoms with E-state index in [1.54, 1.807) is 23.2 Å². The highest BCUT2D eigenvalue weighted by Crippen LogP contribution is 2.21. The first kappa shape index (κ1) is 15.6. The Bertz CT molecular complexity index is 919. The van der Waals surface area contributed by atoms with Crippen LogP contribution in [0.25, 0.3) is 10.8 Å². The first-order valence-electron chi connectivity index (χ1n) is 8.36. The van der Waals surface area contributed by atoms with Gasteiger partial charge in [-0.15, -0.1) is 0 Å². The molecule has 25 heavy (non-hydrogen) atoms. The smallest absolute Gasteiger partial charge is 0.272 e. The van der Waals surface area contributed by atoms with Crippen molar-refractivity contribution in [3.63, 3.8) is 0 Å². The van der Waals surface area contributed by atoms with Crippen LogP contribution < -0.4 is 4.90 Å². The summed E-state index contributed by atoms with van der Waals surface area (Å²) in [6.07, 6.45) is 1.73. The summed E-state index contributed by atoms with van der Waals surface area (Å²) in [5.41, 5.74) is 1.05. The van der Waals surface area contributed by atoms with Crippen LogP contribution >= 0.6 is 0 Å². The minimum absolute atomic E-state index is 0.0704. The number of para-hydroxylation sites is 1. The van der Waals surface area contributed by atoms with Gasteiger partial charge in [0, 0.05) is 37.8 Å². The van der Waals surface area contributed by atoms with Crippen molar-refractivity contribution in [1.29, 1.82) is 0 Å². The zero-order valence-corrected chi connectivity index (χ0v) is 13.7. The second-order valence-electron chi connectivity index (χ2n) is 6.15. The topological polar surface area (TPSA) is 36.4 Å². The summed E-state index contributed by atoms with van der Waals surface area (Å²) < 4.78 is 13.9. The minimum Gasteiger partial charge on any atom is -0.366 e. The highest BCUT2D eigenvalue weighted by atomic mass is 19.1. The van der Waals surface area contributed by atoms with E-state index in [0.29, 0.717) is 37.6 Å². The van der Waals surface area contributed by atoms with Gasteiger partial charge in [0.2, 0.25) is 0 Å². The van der Waals surface area contributed by atoms with Gasteiger partial charge in [-0.2, -0.15) is 0 Å². The number of rotatable bonds is 2. The van der Waals surface area contributed by atoms with Crippen molar-refractivity contribution in [3.05, 3.63) is 72.3 Å². The van der Waals surface area contributed by atoms with Crippen LogP contribution in [0.2, 0.25) is 0 Å². The third kappa shape index (κ3) is 3.05. The molecule has 0 atom stereocenters. The van der Waals surface area contributed by atoms with Crippen LogP contribution in [0.3, 0.4) is 0 Å². The first-order valence-corrected chi connectivity index (χ1v) is 8.36. The quantitative estimate of drug-likeness (QED) is 0.721. The van der Waals surface area contributed by atoms with Gasteiger partial charge in [0.15, 0.2) is 0 Å². The Hall–Kier alpha value is -2.95. The summed E-state index contributed by atoms with van der Waals surface area (Å²) in [6, 6.07) is 16.4. The van der Waals surface area contributed by atoms with Crippen molar-refractivity contribution < 1.29 is 9.18 Å². The van der Waals surface area contributed by atoms with Crippen LogP contribution in [-0.2, 0) is 0 Å². The molecule has 4 nitrogen and oxygen atoms in total. The number of hydrogen-bond donors (Lipinski definition) is 0. The monoisotopic (exact) mass is 335 g/mol. The number of halogens is 1. The molecule has 2 heterocycles. The molecule has 1 aromatic heterocycles. The van der Waals surface area contributed by atoms with Crippen molar-refractivity contribution in [2.24, 2.45) is 0 Å². The van der Waals surface area contributed by atoms with E-state index in [2.05, 4.69) is 4.98 Å². The molecular formula is C20H18FN3O. The number of nitrogens with zero attached hydrogens (tertiary/aromatic N) is 3. The zero-order chi connectivity index (χ0) is 17.2. The lowest BCUT2D eigenvalue weighted by atomic mass is 10.1. The molecule has 5 heteroatoms. The highest BCUT2D eigenvalue weighted by molar-refractivity contribution is 5.96. The molecule has 3 aromatic rings. The number of hydrogen-bond acceptors (Lipinski definition) is 3. The molecule has 0 N–H and O–H groups in total. The Morgan fingerprint density at radius 1 is 0.920 bits per heavy atom. The molecule has 2 aromatic carbocycles. The van der Waals surface area contributed by atoms with Crippen molar-refractivity contribution in [1.82, 2.24) is 9.88 Å². The summed E-state index contributed by atoms with van der Waals surface area (Å²) in [6.45, 7) is 2.34. The zero-order valence-electron chi connectivity index (χ0n) is 13.7. The standard InChI is InChI=1S/C20H18FN3O/c21-17-7-3-4-8-19(17)23-9-11-24(12-10-23)20(25)18-13-15-5-1-2-6-16(15)14-22-18/h1-8,13-14H,9-12H2. The maximum atomic E-state index is 13.9. The fourth-order valence-electron chi connectivity index (χ4n) is 3.22. The third-order valence-corrected chi connectivity index (χ3v) is 4.61. The number of benzene rings is 2. The average Bonchev–Trinajstić information content (AvgIpc) is 2.67. The van der Waals surface area contributed by atoms with Gasteiger partial charge in [0.25, 0.3) is 5.91 Å². The van der Waals surface area contributed by atoms with E-state index in [-0.39, 0.29) is 11.7 Å². The summed E-state index contributed by atoms with van der Waals surface area (Å²) in [5.74, 6) is -0.294. The second-order valence-corrected chi connectivity index (χ2v) is 6.15. The van der Waals surface area contributed by atoms with Crippen molar-refractivity contribution in [3.8, 4) is 0 Å².